The van der Waals surface area contributed by atoms with E-state index in [0.29, 0.717) is 6.04 Å². The Labute approximate surface area is 116 Å². The van der Waals surface area contributed by atoms with E-state index in [1.807, 2.05) is 34.8 Å². The summed E-state index contributed by atoms with van der Waals surface area (Å²) in [4.78, 5) is 16.9. The molecule has 2 heterocycles. The minimum Gasteiger partial charge on any atom is -0.347 e. The van der Waals surface area contributed by atoms with Gasteiger partial charge in [-0.25, -0.2) is 0 Å². The lowest BCUT2D eigenvalue weighted by molar-refractivity contribution is 0.0276. The van der Waals surface area contributed by atoms with Gasteiger partial charge in [-0.05, 0) is 24.6 Å². The van der Waals surface area contributed by atoms with E-state index >= 15 is 0 Å². The molecule has 1 saturated heterocycles. The van der Waals surface area contributed by atoms with Gasteiger partial charge < -0.3 is 9.47 Å². The molecule has 0 saturated carbocycles. The lowest BCUT2D eigenvalue weighted by Crippen LogP contribution is -2.57. The van der Waals surface area contributed by atoms with E-state index in [4.69, 9.17) is 0 Å². The Kier molecular flexibility index (Phi) is 3.72. The number of aryl methyl sites for hydroxylation is 1. The maximum absolute atomic E-state index is 12.5. The molecule has 2 rings (SSSR count). The first-order valence-corrected chi connectivity index (χ1v) is 6.91. The van der Waals surface area contributed by atoms with Crippen molar-refractivity contribution in [3.05, 3.63) is 24.0 Å². The van der Waals surface area contributed by atoms with Gasteiger partial charge in [0.05, 0.1) is 0 Å². The molecule has 0 radical (unpaired) electrons. The summed E-state index contributed by atoms with van der Waals surface area (Å²) in [5.41, 5.74) is 0.958. The molecule has 1 aromatic heterocycles. The Balaban J connectivity index is 2.15. The Morgan fingerprint density at radius 3 is 2.47 bits per heavy atom. The first-order valence-electron chi connectivity index (χ1n) is 6.91. The van der Waals surface area contributed by atoms with E-state index < -0.39 is 0 Å². The number of carbonyl (C=O) groups excluding carboxylic acids is 1. The van der Waals surface area contributed by atoms with Crippen LogP contribution in [-0.4, -0.2) is 53.0 Å². The van der Waals surface area contributed by atoms with Gasteiger partial charge in [-0.2, -0.15) is 0 Å². The maximum atomic E-state index is 12.5. The summed E-state index contributed by atoms with van der Waals surface area (Å²) in [5, 5.41) is 0. The van der Waals surface area contributed by atoms with E-state index in [9.17, 15) is 4.79 Å². The van der Waals surface area contributed by atoms with Crippen LogP contribution in [0.15, 0.2) is 18.3 Å². The van der Waals surface area contributed by atoms with Gasteiger partial charge in [0.2, 0.25) is 0 Å². The van der Waals surface area contributed by atoms with Crippen molar-refractivity contribution in [3.63, 3.8) is 0 Å². The molecule has 0 unspecified atom stereocenters. The Bertz CT molecular complexity index is 458. The molecule has 4 heteroatoms. The maximum Gasteiger partial charge on any atom is 0.270 e. The summed E-state index contributed by atoms with van der Waals surface area (Å²) < 4.78 is 1.90. The predicted octanol–water partition coefficient (Wildman–Crippen LogP) is 1.83. The molecule has 4 nitrogen and oxygen atoms in total. The third kappa shape index (κ3) is 2.84. The largest absolute Gasteiger partial charge is 0.347 e. The average Bonchev–Trinajstić information content (AvgIpc) is 2.73. The van der Waals surface area contributed by atoms with Gasteiger partial charge in [-0.3, -0.25) is 9.69 Å². The number of amides is 1. The molecule has 0 N–H and O–H groups in total. The van der Waals surface area contributed by atoms with E-state index in [2.05, 4.69) is 32.7 Å². The molecule has 19 heavy (non-hydrogen) atoms. The van der Waals surface area contributed by atoms with Crippen LogP contribution < -0.4 is 0 Å². The van der Waals surface area contributed by atoms with E-state index in [1.54, 1.807) is 0 Å². The van der Waals surface area contributed by atoms with Crippen LogP contribution >= 0.6 is 0 Å². The first-order chi connectivity index (χ1) is 8.80. The molecule has 0 aromatic carbocycles. The molecular weight excluding hydrogens is 238 g/mol. The van der Waals surface area contributed by atoms with Crippen LogP contribution in [0.4, 0.5) is 0 Å². The third-order valence-corrected chi connectivity index (χ3v) is 4.10. The minimum absolute atomic E-state index is 0.148. The zero-order valence-corrected chi connectivity index (χ0v) is 12.7. The van der Waals surface area contributed by atoms with Crippen molar-refractivity contribution in [3.8, 4) is 0 Å². The summed E-state index contributed by atoms with van der Waals surface area (Å²) in [7, 11) is 4.07. The van der Waals surface area contributed by atoms with Gasteiger partial charge in [-0.15, -0.1) is 0 Å². The van der Waals surface area contributed by atoms with E-state index in [1.165, 1.54) is 0 Å². The second-order valence-electron chi connectivity index (χ2n) is 6.62. The summed E-state index contributed by atoms with van der Waals surface area (Å²) in [6, 6.07) is 4.22. The smallest absolute Gasteiger partial charge is 0.270 e. The van der Waals surface area contributed by atoms with Crippen molar-refractivity contribution < 1.29 is 4.79 Å². The fourth-order valence-corrected chi connectivity index (χ4v) is 2.84. The molecule has 106 valence electrons. The predicted molar refractivity (Wildman–Crippen MR) is 77.2 cm³/mol. The van der Waals surface area contributed by atoms with Gasteiger partial charge in [0.1, 0.15) is 5.69 Å². The average molecular weight is 263 g/mol. The summed E-state index contributed by atoms with van der Waals surface area (Å²) >= 11 is 0. The monoisotopic (exact) mass is 263 g/mol. The fraction of sp³-hybridized carbons (Fsp3) is 0.667. The molecule has 1 aromatic rings. The van der Waals surface area contributed by atoms with Gasteiger partial charge in [0, 0.05) is 38.9 Å². The molecule has 1 aliphatic heterocycles. The van der Waals surface area contributed by atoms with Crippen LogP contribution in [0.5, 0.6) is 0 Å². The Hall–Kier alpha value is -1.29. The standard InChI is InChI=1S/C15H25N3O/c1-15(2,3)13-11-18(10-9-17(13)5)14(19)12-7-6-8-16(12)4/h6-8,13H,9-11H2,1-5H3/t13-/m0/s1. The van der Waals surface area contributed by atoms with Gasteiger partial charge in [0.25, 0.3) is 5.91 Å². The third-order valence-electron chi connectivity index (χ3n) is 4.10. The van der Waals surface area contributed by atoms with Crippen molar-refractivity contribution in [2.45, 2.75) is 26.8 Å². The number of rotatable bonds is 1. The quantitative estimate of drug-likeness (QED) is 0.773. The number of piperazine rings is 1. The topological polar surface area (TPSA) is 28.5 Å². The van der Waals surface area contributed by atoms with Gasteiger partial charge >= 0.3 is 0 Å². The lowest BCUT2D eigenvalue weighted by Gasteiger charge is -2.45. The number of aromatic nitrogens is 1. The SMILES string of the molecule is CN1CCN(C(=O)c2cccn2C)C[C@H]1C(C)(C)C. The number of nitrogens with zero attached hydrogens (tertiary/aromatic N) is 3. The molecular formula is C15H25N3O. The van der Waals surface area contributed by atoms with Crippen molar-refractivity contribution in [1.29, 1.82) is 0 Å². The second-order valence-corrected chi connectivity index (χ2v) is 6.62. The Morgan fingerprint density at radius 1 is 1.26 bits per heavy atom. The molecule has 1 aliphatic rings. The first kappa shape index (κ1) is 14.1. The molecule has 1 atom stereocenters. The van der Waals surface area contributed by atoms with Crippen molar-refractivity contribution >= 4 is 5.91 Å². The van der Waals surface area contributed by atoms with E-state index in [0.717, 1.165) is 25.3 Å². The fourth-order valence-electron chi connectivity index (χ4n) is 2.84. The van der Waals surface area contributed by atoms with Crippen molar-refractivity contribution in [1.82, 2.24) is 14.4 Å². The normalized spacial score (nSPS) is 21.7. The summed E-state index contributed by atoms with van der Waals surface area (Å²) in [6.07, 6.45) is 1.92. The van der Waals surface area contributed by atoms with Crippen LogP contribution in [0.3, 0.4) is 0 Å². The van der Waals surface area contributed by atoms with E-state index in [-0.39, 0.29) is 11.3 Å². The number of hydrogen-bond acceptors (Lipinski definition) is 2. The zero-order chi connectivity index (χ0) is 14.2. The molecule has 1 amide bonds. The highest BCUT2D eigenvalue weighted by atomic mass is 16.2. The van der Waals surface area contributed by atoms with Crippen LogP contribution in [0.1, 0.15) is 31.3 Å². The highest BCUT2D eigenvalue weighted by molar-refractivity contribution is 5.92. The van der Waals surface area contributed by atoms with Crippen LogP contribution in [0.25, 0.3) is 0 Å². The molecule has 0 aliphatic carbocycles. The van der Waals surface area contributed by atoms with Crippen molar-refractivity contribution in [2.75, 3.05) is 26.7 Å². The minimum atomic E-state index is 0.148. The number of hydrogen-bond donors (Lipinski definition) is 0. The highest BCUT2D eigenvalue weighted by Gasteiger charge is 2.35. The zero-order valence-electron chi connectivity index (χ0n) is 12.7. The van der Waals surface area contributed by atoms with Gasteiger partial charge in [0.15, 0.2) is 0 Å². The molecule has 1 fully saturated rings. The lowest BCUT2D eigenvalue weighted by atomic mass is 9.84. The highest BCUT2D eigenvalue weighted by Crippen LogP contribution is 2.27. The number of carbonyl (C=O) groups is 1. The Morgan fingerprint density at radius 2 is 1.95 bits per heavy atom. The second kappa shape index (κ2) is 5.00. The van der Waals surface area contributed by atoms with Crippen LogP contribution in [0.2, 0.25) is 0 Å². The summed E-state index contributed by atoms with van der Waals surface area (Å²) in [5.74, 6) is 0.148. The van der Waals surface area contributed by atoms with Crippen LogP contribution in [0, 0.1) is 5.41 Å². The summed E-state index contributed by atoms with van der Waals surface area (Å²) in [6.45, 7) is 9.29. The molecule has 0 bridgehead atoms. The van der Waals surface area contributed by atoms with Crippen LogP contribution in [-0.2, 0) is 7.05 Å². The molecule has 0 spiro atoms. The van der Waals surface area contributed by atoms with Gasteiger partial charge in [-0.1, -0.05) is 20.8 Å². The van der Waals surface area contributed by atoms with Crippen molar-refractivity contribution in [2.24, 2.45) is 12.5 Å². The number of likely N-dealkylation sites (N-methyl/N-ethyl adjacent to an activating group) is 1.